The summed E-state index contributed by atoms with van der Waals surface area (Å²) < 4.78 is 0. The van der Waals surface area contributed by atoms with Gasteiger partial charge in [0, 0.05) is 12.1 Å². The maximum absolute atomic E-state index is 5.98. The zero-order valence-electron chi connectivity index (χ0n) is 9.39. The molecule has 1 atom stereocenters. The van der Waals surface area contributed by atoms with Crippen LogP contribution in [0.2, 0.25) is 0 Å². The van der Waals surface area contributed by atoms with Gasteiger partial charge < -0.3 is 11.1 Å². The molecule has 2 rings (SSSR count). The Labute approximate surface area is 87.6 Å². The standard InChI is InChI=1S/C12H24N2/c1-2-3-8-14-10-4-6-12(7-5-10)9-11(12)13/h10-11,14H,2-9,13H2,1H3. The van der Waals surface area contributed by atoms with Gasteiger partial charge in [-0.3, -0.25) is 0 Å². The van der Waals surface area contributed by atoms with Crippen LogP contribution in [0.25, 0.3) is 0 Å². The highest BCUT2D eigenvalue weighted by molar-refractivity contribution is 5.08. The number of hydrogen-bond acceptors (Lipinski definition) is 2. The van der Waals surface area contributed by atoms with Crippen LogP contribution in [0.3, 0.4) is 0 Å². The summed E-state index contributed by atoms with van der Waals surface area (Å²) in [6.45, 7) is 3.46. The highest BCUT2D eigenvalue weighted by Crippen LogP contribution is 2.54. The maximum Gasteiger partial charge on any atom is 0.0102 e. The lowest BCUT2D eigenvalue weighted by Gasteiger charge is -2.29. The Morgan fingerprint density at radius 1 is 1.36 bits per heavy atom. The molecule has 14 heavy (non-hydrogen) atoms. The van der Waals surface area contributed by atoms with Gasteiger partial charge in [0.1, 0.15) is 0 Å². The minimum atomic E-state index is 0.541. The zero-order chi connectivity index (χ0) is 10.0. The summed E-state index contributed by atoms with van der Waals surface area (Å²) in [5.41, 5.74) is 6.58. The minimum Gasteiger partial charge on any atom is -0.327 e. The number of hydrogen-bond donors (Lipinski definition) is 2. The van der Waals surface area contributed by atoms with Crippen LogP contribution in [-0.4, -0.2) is 18.6 Å². The second-order valence-corrected chi connectivity index (χ2v) is 5.25. The van der Waals surface area contributed by atoms with Gasteiger partial charge in [-0.25, -0.2) is 0 Å². The first-order chi connectivity index (χ1) is 6.77. The SMILES string of the molecule is CCCCNC1CCC2(CC1)CC2N. The van der Waals surface area contributed by atoms with E-state index in [2.05, 4.69) is 12.2 Å². The third-order valence-corrected chi connectivity index (χ3v) is 4.20. The van der Waals surface area contributed by atoms with Crippen molar-refractivity contribution in [3.8, 4) is 0 Å². The van der Waals surface area contributed by atoms with E-state index < -0.39 is 0 Å². The monoisotopic (exact) mass is 196 g/mol. The molecule has 0 aromatic carbocycles. The number of nitrogens with two attached hydrogens (primary N) is 1. The number of unbranched alkanes of at least 4 members (excludes halogenated alkanes) is 1. The summed E-state index contributed by atoms with van der Waals surface area (Å²) in [6.07, 6.45) is 9.38. The highest BCUT2D eigenvalue weighted by atomic mass is 14.9. The molecule has 0 bridgehead atoms. The molecule has 1 spiro atoms. The molecule has 0 radical (unpaired) electrons. The van der Waals surface area contributed by atoms with Gasteiger partial charge in [-0.15, -0.1) is 0 Å². The summed E-state index contributed by atoms with van der Waals surface area (Å²) >= 11 is 0. The van der Waals surface area contributed by atoms with E-state index in [1.807, 2.05) is 0 Å². The molecule has 2 aliphatic carbocycles. The van der Waals surface area contributed by atoms with Gasteiger partial charge in [0.25, 0.3) is 0 Å². The van der Waals surface area contributed by atoms with Gasteiger partial charge in [0.15, 0.2) is 0 Å². The lowest BCUT2D eigenvalue weighted by molar-refractivity contribution is 0.267. The molecule has 0 amide bonds. The Morgan fingerprint density at radius 2 is 2.00 bits per heavy atom. The topological polar surface area (TPSA) is 38.0 Å². The van der Waals surface area contributed by atoms with Crippen LogP contribution in [0.5, 0.6) is 0 Å². The normalized spacial score (nSPS) is 41.6. The molecule has 0 aromatic heterocycles. The van der Waals surface area contributed by atoms with Crippen molar-refractivity contribution in [3.63, 3.8) is 0 Å². The van der Waals surface area contributed by atoms with Crippen LogP contribution in [0.15, 0.2) is 0 Å². The zero-order valence-corrected chi connectivity index (χ0v) is 9.39. The summed E-state index contributed by atoms with van der Waals surface area (Å²) in [6, 6.07) is 1.33. The quantitative estimate of drug-likeness (QED) is 0.675. The largest absolute Gasteiger partial charge is 0.327 e. The maximum atomic E-state index is 5.98. The fourth-order valence-corrected chi connectivity index (χ4v) is 2.83. The van der Waals surface area contributed by atoms with E-state index in [-0.39, 0.29) is 0 Å². The second kappa shape index (κ2) is 4.19. The number of rotatable bonds is 4. The van der Waals surface area contributed by atoms with E-state index in [1.165, 1.54) is 51.5 Å². The van der Waals surface area contributed by atoms with Gasteiger partial charge >= 0.3 is 0 Å². The first-order valence-electron chi connectivity index (χ1n) is 6.26. The average Bonchev–Trinajstić information content (AvgIpc) is 2.81. The molecular weight excluding hydrogens is 172 g/mol. The predicted octanol–water partition coefficient (Wildman–Crippen LogP) is 2.04. The van der Waals surface area contributed by atoms with E-state index in [0.717, 1.165) is 6.04 Å². The lowest BCUT2D eigenvalue weighted by atomic mass is 9.83. The average molecular weight is 196 g/mol. The molecule has 2 nitrogen and oxygen atoms in total. The molecule has 2 saturated carbocycles. The Hall–Kier alpha value is -0.0800. The first kappa shape index (κ1) is 10.4. The van der Waals surface area contributed by atoms with Crippen molar-refractivity contribution < 1.29 is 0 Å². The third-order valence-electron chi connectivity index (χ3n) is 4.20. The van der Waals surface area contributed by atoms with Crippen molar-refractivity contribution in [2.75, 3.05) is 6.54 Å². The first-order valence-corrected chi connectivity index (χ1v) is 6.26. The van der Waals surface area contributed by atoms with Crippen LogP contribution in [0.4, 0.5) is 0 Å². The van der Waals surface area contributed by atoms with Gasteiger partial charge in [0.2, 0.25) is 0 Å². The summed E-state index contributed by atoms with van der Waals surface area (Å²) in [7, 11) is 0. The smallest absolute Gasteiger partial charge is 0.0102 e. The summed E-state index contributed by atoms with van der Waals surface area (Å²) in [5, 5.41) is 3.66. The molecule has 2 heteroatoms. The van der Waals surface area contributed by atoms with E-state index in [9.17, 15) is 0 Å². The van der Waals surface area contributed by atoms with Gasteiger partial charge in [-0.05, 0) is 50.5 Å². The molecule has 0 aliphatic heterocycles. The summed E-state index contributed by atoms with van der Waals surface area (Å²) in [4.78, 5) is 0. The Bertz CT molecular complexity index is 183. The van der Waals surface area contributed by atoms with Crippen molar-refractivity contribution in [1.82, 2.24) is 5.32 Å². The Morgan fingerprint density at radius 3 is 2.50 bits per heavy atom. The van der Waals surface area contributed by atoms with E-state index in [0.29, 0.717) is 11.5 Å². The molecule has 0 saturated heterocycles. The predicted molar refractivity (Wildman–Crippen MR) is 60.2 cm³/mol. The molecule has 0 aromatic rings. The lowest BCUT2D eigenvalue weighted by Crippen LogP contribution is -2.35. The van der Waals surface area contributed by atoms with E-state index in [4.69, 9.17) is 5.73 Å². The van der Waals surface area contributed by atoms with Crippen LogP contribution in [0, 0.1) is 5.41 Å². The van der Waals surface area contributed by atoms with Crippen LogP contribution < -0.4 is 11.1 Å². The number of nitrogens with one attached hydrogen (secondary N) is 1. The van der Waals surface area contributed by atoms with Crippen LogP contribution in [-0.2, 0) is 0 Å². The molecule has 82 valence electrons. The molecule has 1 unspecified atom stereocenters. The van der Waals surface area contributed by atoms with Crippen LogP contribution >= 0.6 is 0 Å². The molecule has 0 heterocycles. The van der Waals surface area contributed by atoms with Crippen LogP contribution in [0.1, 0.15) is 51.9 Å². The molecular formula is C12H24N2. The molecule has 3 N–H and O–H groups in total. The van der Waals surface area contributed by atoms with E-state index in [1.54, 1.807) is 0 Å². The van der Waals surface area contributed by atoms with Gasteiger partial charge in [-0.1, -0.05) is 13.3 Å². The van der Waals surface area contributed by atoms with E-state index >= 15 is 0 Å². The molecule has 2 fully saturated rings. The Balaban J connectivity index is 1.64. The van der Waals surface area contributed by atoms with Gasteiger partial charge in [0.05, 0.1) is 0 Å². The van der Waals surface area contributed by atoms with Crippen molar-refractivity contribution >= 4 is 0 Å². The molecule has 2 aliphatic rings. The summed E-state index contributed by atoms with van der Waals surface area (Å²) in [5.74, 6) is 0. The fraction of sp³-hybridized carbons (Fsp3) is 1.00. The van der Waals surface area contributed by atoms with Crippen molar-refractivity contribution in [3.05, 3.63) is 0 Å². The van der Waals surface area contributed by atoms with Crippen molar-refractivity contribution in [2.24, 2.45) is 11.1 Å². The Kier molecular flexibility index (Phi) is 3.13. The van der Waals surface area contributed by atoms with Gasteiger partial charge in [-0.2, -0.15) is 0 Å². The fourth-order valence-electron chi connectivity index (χ4n) is 2.83. The third kappa shape index (κ3) is 2.12. The van der Waals surface area contributed by atoms with Crippen molar-refractivity contribution in [1.29, 1.82) is 0 Å². The second-order valence-electron chi connectivity index (χ2n) is 5.25. The highest BCUT2D eigenvalue weighted by Gasteiger charge is 2.52. The minimum absolute atomic E-state index is 0.541. The van der Waals surface area contributed by atoms with Crippen molar-refractivity contribution in [2.45, 2.75) is 64.0 Å².